The van der Waals surface area contributed by atoms with Crippen molar-refractivity contribution in [1.82, 2.24) is 4.90 Å². The summed E-state index contributed by atoms with van der Waals surface area (Å²) in [6.45, 7) is 7.31. The molecule has 1 fully saturated rings. The number of piperazine rings is 1. The summed E-state index contributed by atoms with van der Waals surface area (Å²) in [5.41, 5.74) is 3.91. The Morgan fingerprint density at radius 3 is 2.44 bits per heavy atom. The fourth-order valence-corrected chi connectivity index (χ4v) is 3.34. The van der Waals surface area contributed by atoms with Gasteiger partial charge in [0.05, 0.1) is 17.0 Å². The Labute approximate surface area is 161 Å². The Kier molecular flexibility index (Phi) is 6.84. The van der Waals surface area contributed by atoms with E-state index in [0.29, 0.717) is 6.61 Å². The normalized spacial score (nSPS) is 15.4. The van der Waals surface area contributed by atoms with Gasteiger partial charge in [-0.15, -0.1) is 0 Å². The molecule has 0 unspecified atom stereocenters. The van der Waals surface area contributed by atoms with E-state index < -0.39 is 0 Å². The lowest BCUT2D eigenvalue weighted by atomic mass is 10.1. The van der Waals surface area contributed by atoms with Crippen LogP contribution in [0, 0.1) is 11.3 Å². The standard InChI is InChI=1S/C22H26N4O/c1-2-27-24-21(19-8-4-3-5-9-19)12-13-25-14-16-26(17-15-25)22-11-7-6-10-20(22)18-23/h3-11H,2,12-17H2,1H3. The van der Waals surface area contributed by atoms with Crippen LogP contribution in [0.4, 0.5) is 5.69 Å². The van der Waals surface area contributed by atoms with Crippen LogP contribution < -0.4 is 4.90 Å². The summed E-state index contributed by atoms with van der Waals surface area (Å²) in [5, 5.41) is 13.6. The first kappa shape index (κ1) is 18.9. The molecule has 0 amide bonds. The molecule has 5 nitrogen and oxygen atoms in total. The summed E-state index contributed by atoms with van der Waals surface area (Å²) in [6.07, 6.45) is 0.860. The average Bonchev–Trinajstić information content (AvgIpc) is 2.75. The van der Waals surface area contributed by atoms with Gasteiger partial charge in [0.15, 0.2) is 0 Å². The Morgan fingerprint density at radius 2 is 1.74 bits per heavy atom. The Balaban J connectivity index is 1.56. The van der Waals surface area contributed by atoms with Gasteiger partial charge in [0.25, 0.3) is 0 Å². The number of oxime groups is 1. The SMILES string of the molecule is CCON=C(CCN1CCN(c2ccccc2C#N)CC1)c1ccccc1. The first-order valence-electron chi connectivity index (χ1n) is 9.52. The summed E-state index contributed by atoms with van der Waals surface area (Å²) in [6, 6.07) is 20.4. The van der Waals surface area contributed by atoms with Crippen molar-refractivity contribution in [3.63, 3.8) is 0 Å². The van der Waals surface area contributed by atoms with E-state index in [-0.39, 0.29) is 0 Å². The molecule has 0 bridgehead atoms. The van der Waals surface area contributed by atoms with E-state index in [1.54, 1.807) is 0 Å². The summed E-state index contributed by atoms with van der Waals surface area (Å²) < 4.78 is 0. The maximum absolute atomic E-state index is 9.31. The lowest BCUT2D eigenvalue weighted by Gasteiger charge is -2.36. The minimum absolute atomic E-state index is 0.577. The third-order valence-electron chi connectivity index (χ3n) is 4.81. The van der Waals surface area contributed by atoms with Crippen LogP contribution in [0.3, 0.4) is 0 Å². The molecule has 0 spiro atoms. The van der Waals surface area contributed by atoms with Crippen molar-refractivity contribution in [2.45, 2.75) is 13.3 Å². The maximum Gasteiger partial charge on any atom is 0.114 e. The molecule has 2 aromatic carbocycles. The Morgan fingerprint density at radius 1 is 1.04 bits per heavy atom. The molecule has 1 heterocycles. The predicted octanol–water partition coefficient (Wildman–Crippen LogP) is 3.51. The number of hydrogen-bond donors (Lipinski definition) is 0. The molecule has 1 aliphatic heterocycles. The number of anilines is 1. The van der Waals surface area contributed by atoms with E-state index in [1.807, 2.05) is 49.4 Å². The summed E-state index contributed by atoms with van der Waals surface area (Å²) in [5.74, 6) is 0. The Bertz CT molecular complexity index is 789. The van der Waals surface area contributed by atoms with Crippen LogP contribution >= 0.6 is 0 Å². The van der Waals surface area contributed by atoms with E-state index in [4.69, 9.17) is 4.84 Å². The highest BCUT2D eigenvalue weighted by Gasteiger charge is 2.19. The van der Waals surface area contributed by atoms with E-state index in [1.165, 1.54) is 0 Å². The molecular formula is C22H26N4O. The first-order valence-corrected chi connectivity index (χ1v) is 9.52. The monoisotopic (exact) mass is 362 g/mol. The second-order valence-corrected chi connectivity index (χ2v) is 6.53. The zero-order chi connectivity index (χ0) is 18.9. The second kappa shape index (κ2) is 9.75. The molecule has 0 saturated carbocycles. The minimum atomic E-state index is 0.577. The van der Waals surface area contributed by atoms with Crippen molar-refractivity contribution >= 4 is 11.4 Å². The van der Waals surface area contributed by atoms with Gasteiger partial charge in [-0.05, 0) is 24.6 Å². The van der Waals surface area contributed by atoms with Crippen molar-refractivity contribution in [1.29, 1.82) is 5.26 Å². The predicted molar refractivity (Wildman–Crippen MR) is 109 cm³/mol. The summed E-state index contributed by atoms with van der Waals surface area (Å²) in [4.78, 5) is 10.1. The second-order valence-electron chi connectivity index (χ2n) is 6.53. The smallest absolute Gasteiger partial charge is 0.114 e. The van der Waals surface area contributed by atoms with Crippen molar-refractivity contribution in [2.24, 2.45) is 5.16 Å². The fourth-order valence-electron chi connectivity index (χ4n) is 3.34. The van der Waals surface area contributed by atoms with Crippen LogP contribution in [0.1, 0.15) is 24.5 Å². The van der Waals surface area contributed by atoms with Gasteiger partial charge in [-0.25, -0.2) is 0 Å². The van der Waals surface area contributed by atoms with Gasteiger partial charge >= 0.3 is 0 Å². The number of para-hydroxylation sites is 1. The van der Waals surface area contributed by atoms with Gasteiger partial charge in [0.1, 0.15) is 12.7 Å². The molecule has 1 aliphatic rings. The maximum atomic E-state index is 9.31. The molecule has 0 N–H and O–H groups in total. The van der Waals surface area contributed by atoms with Crippen LogP contribution in [0.15, 0.2) is 59.8 Å². The van der Waals surface area contributed by atoms with Crippen LogP contribution in [0.25, 0.3) is 0 Å². The molecular weight excluding hydrogens is 336 g/mol. The fraction of sp³-hybridized carbons (Fsp3) is 0.364. The van der Waals surface area contributed by atoms with E-state index in [9.17, 15) is 5.26 Å². The van der Waals surface area contributed by atoms with Gasteiger partial charge in [-0.1, -0.05) is 47.6 Å². The third-order valence-corrected chi connectivity index (χ3v) is 4.81. The largest absolute Gasteiger partial charge is 0.396 e. The van der Waals surface area contributed by atoms with Crippen LogP contribution in [-0.4, -0.2) is 49.9 Å². The Hall–Kier alpha value is -2.84. The number of hydrogen-bond acceptors (Lipinski definition) is 5. The highest BCUT2D eigenvalue weighted by Crippen LogP contribution is 2.21. The summed E-state index contributed by atoms with van der Waals surface area (Å²) >= 11 is 0. The summed E-state index contributed by atoms with van der Waals surface area (Å²) in [7, 11) is 0. The lowest BCUT2D eigenvalue weighted by Crippen LogP contribution is -2.47. The number of nitrogens with zero attached hydrogens (tertiary/aromatic N) is 4. The van der Waals surface area contributed by atoms with E-state index >= 15 is 0 Å². The lowest BCUT2D eigenvalue weighted by molar-refractivity contribution is 0.157. The van der Waals surface area contributed by atoms with E-state index in [2.05, 4.69) is 33.2 Å². The number of nitriles is 1. The van der Waals surface area contributed by atoms with Crippen molar-refractivity contribution < 1.29 is 4.84 Å². The van der Waals surface area contributed by atoms with Gasteiger partial charge in [-0.3, -0.25) is 4.90 Å². The van der Waals surface area contributed by atoms with Gasteiger partial charge in [0.2, 0.25) is 0 Å². The topological polar surface area (TPSA) is 51.9 Å². The van der Waals surface area contributed by atoms with Crippen molar-refractivity contribution in [3.8, 4) is 6.07 Å². The zero-order valence-corrected chi connectivity index (χ0v) is 15.8. The van der Waals surface area contributed by atoms with Crippen molar-refractivity contribution in [3.05, 3.63) is 65.7 Å². The number of rotatable bonds is 7. The quantitative estimate of drug-likeness (QED) is 0.559. The van der Waals surface area contributed by atoms with Gasteiger partial charge < -0.3 is 9.74 Å². The molecule has 3 rings (SSSR count). The van der Waals surface area contributed by atoms with Gasteiger partial charge in [0, 0.05) is 39.1 Å². The van der Waals surface area contributed by atoms with Crippen LogP contribution in [-0.2, 0) is 4.84 Å². The minimum Gasteiger partial charge on any atom is -0.396 e. The highest BCUT2D eigenvalue weighted by atomic mass is 16.6. The van der Waals surface area contributed by atoms with Crippen LogP contribution in [0.2, 0.25) is 0 Å². The highest BCUT2D eigenvalue weighted by molar-refractivity contribution is 6.00. The molecule has 0 aliphatic carbocycles. The molecule has 0 radical (unpaired) electrons. The molecule has 27 heavy (non-hydrogen) atoms. The molecule has 2 aromatic rings. The zero-order valence-electron chi connectivity index (χ0n) is 15.8. The molecule has 5 heteroatoms. The molecule has 1 saturated heterocycles. The molecule has 0 aromatic heterocycles. The molecule has 0 atom stereocenters. The van der Waals surface area contributed by atoms with Crippen LogP contribution in [0.5, 0.6) is 0 Å². The molecule has 140 valence electrons. The van der Waals surface area contributed by atoms with Crippen molar-refractivity contribution in [2.75, 3.05) is 44.2 Å². The first-order chi connectivity index (χ1) is 13.3. The van der Waals surface area contributed by atoms with Gasteiger partial charge in [-0.2, -0.15) is 5.26 Å². The average molecular weight is 362 g/mol. The third kappa shape index (κ3) is 5.08. The van der Waals surface area contributed by atoms with E-state index in [0.717, 1.165) is 61.7 Å². The number of benzene rings is 2.